The summed E-state index contributed by atoms with van der Waals surface area (Å²) < 4.78 is 1.73. The fourth-order valence-corrected chi connectivity index (χ4v) is 3.91. The van der Waals surface area contributed by atoms with Gasteiger partial charge in [-0.2, -0.15) is 5.10 Å². The molecule has 0 saturated heterocycles. The summed E-state index contributed by atoms with van der Waals surface area (Å²) >= 11 is 1.49. The summed E-state index contributed by atoms with van der Waals surface area (Å²) in [5.41, 5.74) is 4.06. The number of anilines is 1. The van der Waals surface area contributed by atoms with E-state index in [1.54, 1.807) is 4.68 Å². The van der Waals surface area contributed by atoms with Crippen LogP contribution in [0.2, 0.25) is 0 Å². The zero-order valence-electron chi connectivity index (χ0n) is 15.4. The van der Waals surface area contributed by atoms with E-state index in [-0.39, 0.29) is 5.91 Å². The first kappa shape index (κ1) is 17.4. The highest BCUT2D eigenvalue weighted by Gasteiger charge is 2.16. The van der Waals surface area contributed by atoms with Gasteiger partial charge < -0.3 is 0 Å². The molecular formula is C20H19N5OS. The summed E-state index contributed by atoms with van der Waals surface area (Å²) in [5, 5.41) is 8.75. The van der Waals surface area contributed by atoms with Crippen LogP contribution in [-0.4, -0.2) is 25.7 Å². The van der Waals surface area contributed by atoms with Crippen LogP contribution >= 0.6 is 11.3 Å². The number of hydrogen-bond donors (Lipinski definition) is 1. The van der Waals surface area contributed by atoms with Crippen LogP contribution in [0.1, 0.15) is 32.2 Å². The highest BCUT2D eigenvalue weighted by atomic mass is 32.1. The molecule has 0 saturated carbocycles. The summed E-state index contributed by atoms with van der Waals surface area (Å²) in [7, 11) is 1.85. The highest BCUT2D eigenvalue weighted by molar-refractivity contribution is 7.15. The van der Waals surface area contributed by atoms with Gasteiger partial charge in [-0.05, 0) is 25.5 Å². The second kappa shape index (κ2) is 6.92. The molecule has 0 spiro atoms. The first-order valence-electron chi connectivity index (χ1n) is 8.62. The van der Waals surface area contributed by atoms with Crippen LogP contribution in [0.25, 0.3) is 11.0 Å². The van der Waals surface area contributed by atoms with Crippen LogP contribution in [0, 0.1) is 13.8 Å². The number of benzene rings is 1. The van der Waals surface area contributed by atoms with E-state index in [4.69, 9.17) is 0 Å². The van der Waals surface area contributed by atoms with Gasteiger partial charge in [-0.1, -0.05) is 30.3 Å². The Labute approximate surface area is 160 Å². The average molecular weight is 377 g/mol. The van der Waals surface area contributed by atoms with E-state index in [9.17, 15) is 4.79 Å². The van der Waals surface area contributed by atoms with E-state index >= 15 is 0 Å². The summed E-state index contributed by atoms with van der Waals surface area (Å²) in [6, 6.07) is 12.1. The Morgan fingerprint density at radius 3 is 2.74 bits per heavy atom. The van der Waals surface area contributed by atoms with Gasteiger partial charge in [0.1, 0.15) is 0 Å². The molecule has 1 N–H and O–H groups in total. The number of pyridine rings is 1. The molecule has 7 heteroatoms. The molecule has 0 aliphatic heterocycles. The zero-order valence-corrected chi connectivity index (χ0v) is 16.2. The third-order valence-electron chi connectivity index (χ3n) is 4.43. The zero-order chi connectivity index (χ0) is 19.0. The standard InChI is InChI=1S/C20H19N5OS/c1-12-17(10-16-13(2)24-25(3)18(16)22-12)19(26)23-20-21-11-15(27-20)9-14-7-5-4-6-8-14/h4-8,10-11H,9H2,1-3H3,(H,21,23,26). The van der Waals surface area contributed by atoms with E-state index in [0.717, 1.165) is 28.0 Å². The van der Waals surface area contributed by atoms with Gasteiger partial charge >= 0.3 is 0 Å². The number of nitrogens with zero attached hydrogens (tertiary/aromatic N) is 4. The molecular weight excluding hydrogens is 358 g/mol. The topological polar surface area (TPSA) is 72.7 Å². The molecule has 3 aromatic heterocycles. The molecule has 1 aromatic carbocycles. The van der Waals surface area contributed by atoms with Crippen molar-refractivity contribution in [1.82, 2.24) is 19.7 Å². The second-order valence-electron chi connectivity index (χ2n) is 6.45. The quantitative estimate of drug-likeness (QED) is 0.586. The number of carbonyl (C=O) groups excluding carboxylic acids is 1. The number of rotatable bonds is 4. The van der Waals surface area contributed by atoms with Crippen molar-refractivity contribution in [2.24, 2.45) is 7.05 Å². The van der Waals surface area contributed by atoms with Crippen molar-refractivity contribution in [3.8, 4) is 0 Å². The van der Waals surface area contributed by atoms with Crippen molar-refractivity contribution in [1.29, 1.82) is 0 Å². The predicted molar refractivity (Wildman–Crippen MR) is 107 cm³/mol. The number of aromatic nitrogens is 4. The van der Waals surface area contributed by atoms with Crippen LogP contribution in [-0.2, 0) is 13.5 Å². The molecule has 0 bridgehead atoms. The molecule has 0 unspecified atom stereocenters. The lowest BCUT2D eigenvalue weighted by Crippen LogP contribution is -2.14. The van der Waals surface area contributed by atoms with Crippen molar-refractivity contribution >= 4 is 33.4 Å². The van der Waals surface area contributed by atoms with Gasteiger partial charge in [0.15, 0.2) is 10.8 Å². The number of aryl methyl sites for hydroxylation is 3. The highest BCUT2D eigenvalue weighted by Crippen LogP contribution is 2.24. The van der Waals surface area contributed by atoms with Crippen molar-refractivity contribution < 1.29 is 4.79 Å². The number of thiazole rings is 1. The summed E-state index contributed by atoms with van der Waals surface area (Å²) in [5.74, 6) is -0.203. The minimum Gasteiger partial charge on any atom is -0.298 e. The Hall–Kier alpha value is -3.06. The van der Waals surface area contributed by atoms with Gasteiger partial charge in [0, 0.05) is 29.9 Å². The third-order valence-corrected chi connectivity index (χ3v) is 5.34. The molecule has 3 heterocycles. The van der Waals surface area contributed by atoms with Crippen LogP contribution in [0.15, 0.2) is 42.6 Å². The Morgan fingerprint density at radius 2 is 1.96 bits per heavy atom. The Bertz CT molecular complexity index is 1130. The smallest absolute Gasteiger partial charge is 0.259 e. The molecule has 0 fully saturated rings. The molecule has 0 aliphatic rings. The van der Waals surface area contributed by atoms with Crippen molar-refractivity contribution in [2.75, 3.05) is 5.32 Å². The van der Waals surface area contributed by atoms with Crippen molar-refractivity contribution in [3.05, 3.63) is 70.0 Å². The predicted octanol–water partition coefficient (Wildman–Crippen LogP) is 3.88. The number of carbonyl (C=O) groups is 1. The molecule has 0 radical (unpaired) electrons. The molecule has 1 amide bonds. The van der Waals surface area contributed by atoms with Gasteiger partial charge in [0.2, 0.25) is 0 Å². The van der Waals surface area contributed by atoms with Gasteiger partial charge in [-0.25, -0.2) is 9.97 Å². The van der Waals surface area contributed by atoms with Crippen LogP contribution < -0.4 is 5.32 Å². The number of amides is 1. The van der Waals surface area contributed by atoms with Gasteiger partial charge in [0.25, 0.3) is 5.91 Å². The van der Waals surface area contributed by atoms with E-state index in [1.807, 2.05) is 51.4 Å². The number of hydrogen-bond acceptors (Lipinski definition) is 5. The fraction of sp³-hybridized carbons (Fsp3) is 0.200. The molecule has 136 valence electrons. The van der Waals surface area contributed by atoms with Crippen LogP contribution in [0.4, 0.5) is 5.13 Å². The molecule has 4 aromatic rings. The van der Waals surface area contributed by atoms with E-state index in [0.29, 0.717) is 16.4 Å². The van der Waals surface area contributed by atoms with E-state index in [1.165, 1.54) is 16.9 Å². The minimum atomic E-state index is -0.203. The van der Waals surface area contributed by atoms with Gasteiger partial charge in [-0.15, -0.1) is 11.3 Å². The van der Waals surface area contributed by atoms with E-state index < -0.39 is 0 Å². The molecule has 27 heavy (non-hydrogen) atoms. The normalized spacial score (nSPS) is 11.1. The maximum absolute atomic E-state index is 12.8. The van der Waals surface area contributed by atoms with Crippen LogP contribution in [0.3, 0.4) is 0 Å². The molecule has 0 aliphatic carbocycles. The maximum Gasteiger partial charge on any atom is 0.259 e. The largest absolute Gasteiger partial charge is 0.298 e. The van der Waals surface area contributed by atoms with Crippen molar-refractivity contribution in [3.63, 3.8) is 0 Å². The third kappa shape index (κ3) is 3.46. The fourth-order valence-electron chi connectivity index (χ4n) is 3.07. The Kier molecular flexibility index (Phi) is 4.45. The van der Waals surface area contributed by atoms with Crippen LogP contribution in [0.5, 0.6) is 0 Å². The lowest BCUT2D eigenvalue weighted by molar-refractivity contribution is 0.102. The first-order chi connectivity index (χ1) is 13.0. The lowest BCUT2D eigenvalue weighted by atomic mass is 10.1. The van der Waals surface area contributed by atoms with Gasteiger partial charge in [0.05, 0.1) is 17.0 Å². The molecule has 4 rings (SSSR count). The first-order valence-corrected chi connectivity index (χ1v) is 9.44. The molecule has 0 atom stereocenters. The maximum atomic E-state index is 12.8. The number of fused-ring (bicyclic) bond motifs is 1. The summed E-state index contributed by atoms with van der Waals surface area (Å²) in [6.07, 6.45) is 2.61. The minimum absolute atomic E-state index is 0.203. The average Bonchev–Trinajstić information content (AvgIpc) is 3.19. The van der Waals surface area contributed by atoms with E-state index in [2.05, 4.69) is 32.5 Å². The second-order valence-corrected chi connectivity index (χ2v) is 7.56. The monoisotopic (exact) mass is 377 g/mol. The lowest BCUT2D eigenvalue weighted by Gasteiger charge is -2.06. The summed E-state index contributed by atoms with van der Waals surface area (Å²) in [4.78, 5) is 22.7. The Morgan fingerprint density at radius 1 is 1.19 bits per heavy atom. The van der Waals surface area contributed by atoms with Gasteiger partial charge in [-0.3, -0.25) is 14.8 Å². The SMILES string of the molecule is Cc1nc2c(cc1C(=O)Nc1ncc(Cc3ccccc3)s1)c(C)nn2C. The molecule has 6 nitrogen and oxygen atoms in total. The summed E-state index contributed by atoms with van der Waals surface area (Å²) in [6.45, 7) is 3.75. The number of nitrogens with one attached hydrogen (secondary N) is 1. The van der Waals surface area contributed by atoms with Crippen molar-refractivity contribution in [2.45, 2.75) is 20.3 Å². The Balaban J connectivity index is 1.55.